The summed E-state index contributed by atoms with van der Waals surface area (Å²) in [7, 11) is 0. The van der Waals surface area contributed by atoms with Gasteiger partial charge in [0.25, 0.3) is 0 Å². The number of hydrogen-bond donors (Lipinski definition) is 1. The standard InChI is InChI=1S/C13H13BrFN3/c1-8-13(17-6-5-16-8)9(2)18-10-3-4-12(15)11(14)7-10/h3-7,9,18H,1-2H3. The molecule has 1 unspecified atom stereocenters. The molecule has 5 heteroatoms. The van der Waals surface area contributed by atoms with E-state index in [1.807, 2.05) is 13.8 Å². The maximum absolute atomic E-state index is 13.1. The topological polar surface area (TPSA) is 37.8 Å². The number of aromatic nitrogens is 2. The van der Waals surface area contributed by atoms with Crippen LogP contribution in [-0.2, 0) is 0 Å². The molecule has 0 spiro atoms. The summed E-state index contributed by atoms with van der Waals surface area (Å²) in [6.45, 7) is 3.91. The predicted molar refractivity (Wildman–Crippen MR) is 72.9 cm³/mol. The van der Waals surface area contributed by atoms with Gasteiger partial charge >= 0.3 is 0 Å². The van der Waals surface area contributed by atoms with Crippen molar-refractivity contribution >= 4 is 21.6 Å². The van der Waals surface area contributed by atoms with E-state index in [0.717, 1.165) is 17.1 Å². The van der Waals surface area contributed by atoms with Crippen LogP contribution in [0.5, 0.6) is 0 Å². The molecule has 0 radical (unpaired) electrons. The Kier molecular flexibility index (Phi) is 3.91. The molecule has 3 nitrogen and oxygen atoms in total. The van der Waals surface area contributed by atoms with Crippen LogP contribution in [0.3, 0.4) is 0 Å². The Labute approximate surface area is 114 Å². The second-order valence-electron chi connectivity index (χ2n) is 4.02. The molecular formula is C13H13BrFN3. The van der Waals surface area contributed by atoms with Crippen LogP contribution < -0.4 is 5.32 Å². The molecule has 1 atom stereocenters. The first-order valence-corrected chi connectivity index (χ1v) is 6.36. The molecule has 18 heavy (non-hydrogen) atoms. The first kappa shape index (κ1) is 13.0. The molecule has 0 aliphatic rings. The zero-order valence-electron chi connectivity index (χ0n) is 10.1. The summed E-state index contributed by atoms with van der Waals surface area (Å²) in [6, 6.07) is 4.83. The van der Waals surface area contributed by atoms with E-state index in [9.17, 15) is 4.39 Å². The number of halogens is 2. The fourth-order valence-electron chi connectivity index (χ4n) is 1.75. The van der Waals surface area contributed by atoms with Gasteiger partial charge in [0.2, 0.25) is 0 Å². The van der Waals surface area contributed by atoms with Gasteiger partial charge in [0.05, 0.1) is 21.9 Å². The van der Waals surface area contributed by atoms with Gasteiger partial charge in [-0.25, -0.2) is 4.39 Å². The second-order valence-corrected chi connectivity index (χ2v) is 4.88. The first-order chi connectivity index (χ1) is 8.58. The maximum Gasteiger partial charge on any atom is 0.137 e. The Morgan fingerprint density at radius 1 is 1.28 bits per heavy atom. The Morgan fingerprint density at radius 2 is 2.00 bits per heavy atom. The third-order valence-corrected chi connectivity index (χ3v) is 3.24. The molecule has 0 aliphatic carbocycles. The Hall–Kier alpha value is -1.49. The number of anilines is 1. The molecule has 2 rings (SSSR count). The molecule has 0 bridgehead atoms. The highest BCUT2D eigenvalue weighted by Gasteiger charge is 2.11. The summed E-state index contributed by atoms with van der Waals surface area (Å²) in [4.78, 5) is 8.51. The fraction of sp³-hybridized carbons (Fsp3) is 0.231. The van der Waals surface area contributed by atoms with E-state index in [1.54, 1.807) is 24.5 Å². The smallest absolute Gasteiger partial charge is 0.137 e. The van der Waals surface area contributed by atoms with Gasteiger partial charge in [-0.05, 0) is 48.0 Å². The lowest BCUT2D eigenvalue weighted by Gasteiger charge is -2.16. The van der Waals surface area contributed by atoms with Crippen LogP contribution in [0.1, 0.15) is 24.4 Å². The minimum Gasteiger partial charge on any atom is -0.377 e. The van der Waals surface area contributed by atoms with Crippen LogP contribution in [-0.4, -0.2) is 9.97 Å². The molecule has 0 saturated carbocycles. The van der Waals surface area contributed by atoms with Crippen molar-refractivity contribution in [1.82, 2.24) is 9.97 Å². The molecular weight excluding hydrogens is 297 g/mol. The number of nitrogens with one attached hydrogen (secondary N) is 1. The van der Waals surface area contributed by atoms with Crippen LogP contribution in [0, 0.1) is 12.7 Å². The van der Waals surface area contributed by atoms with Crippen LogP contribution in [0.25, 0.3) is 0 Å². The quantitative estimate of drug-likeness (QED) is 0.935. The molecule has 0 amide bonds. The molecule has 2 aromatic rings. The lowest BCUT2D eigenvalue weighted by Crippen LogP contribution is -2.11. The Balaban J connectivity index is 2.19. The Morgan fingerprint density at radius 3 is 2.67 bits per heavy atom. The van der Waals surface area contributed by atoms with Crippen molar-refractivity contribution in [1.29, 1.82) is 0 Å². The normalized spacial score (nSPS) is 12.2. The van der Waals surface area contributed by atoms with Crippen LogP contribution in [0.2, 0.25) is 0 Å². The number of rotatable bonds is 3. The van der Waals surface area contributed by atoms with E-state index < -0.39 is 0 Å². The van der Waals surface area contributed by atoms with Crippen LogP contribution in [0.15, 0.2) is 35.1 Å². The highest BCUT2D eigenvalue weighted by Crippen LogP contribution is 2.23. The van der Waals surface area contributed by atoms with Gasteiger partial charge in [-0.2, -0.15) is 0 Å². The van der Waals surface area contributed by atoms with E-state index >= 15 is 0 Å². The van der Waals surface area contributed by atoms with E-state index in [0.29, 0.717) is 4.47 Å². The molecule has 1 aromatic heterocycles. The summed E-state index contributed by atoms with van der Waals surface area (Å²) >= 11 is 3.16. The van der Waals surface area contributed by atoms with Gasteiger partial charge in [-0.15, -0.1) is 0 Å². The Bertz CT molecular complexity index is 560. The van der Waals surface area contributed by atoms with E-state index in [4.69, 9.17) is 0 Å². The molecule has 1 N–H and O–H groups in total. The van der Waals surface area contributed by atoms with E-state index in [2.05, 4.69) is 31.2 Å². The molecule has 0 aliphatic heterocycles. The van der Waals surface area contributed by atoms with E-state index in [-0.39, 0.29) is 11.9 Å². The third-order valence-electron chi connectivity index (χ3n) is 2.63. The third kappa shape index (κ3) is 2.85. The number of benzene rings is 1. The molecule has 1 aromatic carbocycles. The van der Waals surface area contributed by atoms with E-state index in [1.165, 1.54) is 6.07 Å². The average molecular weight is 310 g/mol. The predicted octanol–water partition coefficient (Wildman–Crippen LogP) is 3.86. The molecule has 0 fully saturated rings. The SMILES string of the molecule is Cc1nccnc1C(C)Nc1ccc(F)c(Br)c1. The van der Waals surface area contributed by atoms with Crippen LogP contribution in [0.4, 0.5) is 10.1 Å². The minimum absolute atomic E-state index is 0.0102. The summed E-state index contributed by atoms with van der Waals surface area (Å²) in [5.41, 5.74) is 2.61. The van der Waals surface area contributed by atoms with Gasteiger partial charge in [-0.3, -0.25) is 9.97 Å². The monoisotopic (exact) mass is 309 g/mol. The fourth-order valence-corrected chi connectivity index (χ4v) is 2.13. The number of aryl methyl sites for hydroxylation is 1. The summed E-state index contributed by atoms with van der Waals surface area (Å²) < 4.78 is 13.6. The van der Waals surface area contributed by atoms with Gasteiger partial charge in [0, 0.05) is 18.1 Å². The number of nitrogens with zero attached hydrogens (tertiary/aromatic N) is 2. The molecule has 1 heterocycles. The summed E-state index contributed by atoms with van der Waals surface area (Å²) in [5.74, 6) is -0.274. The van der Waals surface area contributed by atoms with Gasteiger partial charge in [0.15, 0.2) is 0 Å². The van der Waals surface area contributed by atoms with Gasteiger partial charge < -0.3 is 5.32 Å². The number of hydrogen-bond acceptors (Lipinski definition) is 3. The maximum atomic E-state index is 13.1. The van der Waals surface area contributed by atoms with Gasteiger partial charge in [0.1, 0.15) is 5.82 Å². The van der Waals surface area contributed by atoms with Crippen molar-refractivity contribution in [3.8, 4) is 0 Å². The van der Waals surface area contributed by atoms with Crippen molar-refractivity contribution in [2.75, 3.05) is 5.32 Å². The van der Waals surface area contributed by atoms with Gasteiger partial charge in [-0.1, -0.05) is 0 Å². The average Bonchev–Trinajstić information content (AvgIpc) is 2.34. The van der Waals surface area contributed by atoms with Crippen LogP contribution >= 0.6 is 15.9 Å². The lowest BCUT2D eigenvalue weighted by molar-refractivity contribution is 0.621. The van der Waals surface area contributed by atoms with Crippen molar-refractivity contribution in [2.24, 2.45) is 0 Å². The van der Waals surface area contributed by atoms with Crippen molar-refractivity contribution in [3.63, 3.8) is 0 Å². The summed E-state index contributed by atoms with van der Waals surface area (Å²) in [6.07, 6.45) is 3.33. The first-order valence-electron chi connectivity index (χ1n) is 5.57. The zero-order valence-corrected chi connectivity index (χ0v) is 11.7. The molecule has 0 saturated heterocycles. The second kappa shape index (κ2) is 5.44. The largest absolute Gasteiger partial charge is 0.377 e. The molecule has 94 valence electrons. The lowest BCUT2D eigenvalue weighted by atomic mass is 10.1. The highest BCUT2D eigenvalue weighted by atomic mass is 79.9. The minimum atomic E-state index is -0.274. The van der Waals surface area contributed by atoms with Crippen molar-refractivity contribution in [3.05, 3.63) is 52.3 Å². The summed E-state index contributed by atoms with van der Waals surface area (Å²) in [5, 5.41) is 3.27. The van der Waals surface area contributed by atoms with Crippen molar-refractivity contribution in [2.45, 2.75) is 19.9 Å². The highest BCUT2D eigenvalue weighted by molar-refractivity contribution is 9.10. The zero-order chi connectivity index (χ0) is 13.1. The van der Waals surface area contributed by atoms with Crippen molar-refractivity contribution < 1.29 is 4.39 Å².